The number of nitrogens with zero attached hydrogens (tertiary/aromatic N) is 2. The molecule has 0 saturated heterocycles. The smallest absolute Gasteiger partial charge is 0.263 e. The Morgan fingerprint density at radius 3 is 1.71 bits per heavy atom. The SMILES string of the molecule is CC(=O)N(C(=O)c1cn(-c2ccccc2)c(NC(C)(C)C)c1-c1ccc(-c2ccccc2)cc1)C(C)(C)C. The Labute approximate surface area is 226 Å². The van der Waals surface area contributed by atoms with Gasteiger partial charge in [-0.3, -0.25) is 14.5 Å². The van der Waals surface area contributed by atoms with Gasteiger partial charge in [0.25, 0.3) is 5.91 Å². The van der Waals surface area contributed by atoms with E-state index in [2.05, 4.69) is 50.4 Å². The van der Waals surface area contributed by atoms with Gasteiger partial charge in [-0.15, -0.1) is 0 Å². The van der Waals surface area contributed by atoms with Gasteiger partial charge in [0.05, 0.1) is 5.56 Å². The van der Waals surface area contributed by atoms with Crippen LogP contribution in [0.25, 0.3) is 27.9 Å². The minimum atomic E-state index is -0.677. The molecule has 3 aromatic carbocycles. The fourth-order valence-corrected chi connectivity index (χ4v) is 4.73. The van der Waals surface area contributed by atoms with E-state index in [4.69, 9.17) is 0 Å². The predicted molar refractivity (Wildman–Crippen MR) is 157 cm³/mol. The Balaban J connectivity index is 1.98. The summed E-state index contributed by atoms with van der Waals surface area (Å²) in [7, 11) is 0. The van der Waals surface area contributed by atoms with Crippen molar-refractivity contribution in [3.8, 4) is 27.9 Å². The van der Waals surface area contributed by atoms with Crippen LogP contribution in [-0.4, -0.2) is 32.4 Å². The summed E-state index contributed by atoms with van der Waals surface area (Å²) in [5.41, 5.74) is 4.31. The molecule has 0 aliphatic carbocycles. The molecule has 0 spiro atoms. The molecule has 0 aliphatic rings. The second-order valence-corrected chi connectivity index (χ2v) is 11.6. The first-order valence-electron chi connectivity index (χ1n) is 13.0. The van der Waals surface area contributed by atoms with Gasteiger partial charge >= 0.3 is 0 Å². The highest BCUT2D eigenvalue weighted by Crippen LogP contribution is 2.39. The molecule has 4 rings (SSSR count). The molecule has 4 aromatic rings. The summed E-state index contributed by atoms with van der Waals surface area (Å²) in [6.45, 7) is 13.4. The number of hydrogen-bond acceptors (Lipinski definition) is 3. The highest BCUT2D eigenvalue weighted by atomic mass is 16.2. The van der Waals surface area contributed by atoms with E-state index in [1.54, 1.807) is 0 Å². The van der Waals surface area contributed by atoms with Crippen molar-refractivity contribution in [3.63, 3.8) is 0 Å². The lowest BCUT2D eigenvalue weighted by atomic mass is 9.97. The maximum absolute atomic E-state index is 14.1. The second kappa shape index (κ2) is 10.3. The summed E-state index contributed by atoms with van der Waals surface area (Å²) in [5, 5.41) is 3.65. The van der Waals surface area contributed by atoms with Gasteiger partial charge in [-0.05, 0) is 70.4 Å². The average Bonchev–Trinajstić information content (AvgIpc) is 3.21. The topological polar surface area (TPSA) is 54.3 Å². The molecule has 196 valence electrons. The van der Waals surface area contributed by atoms with Gasteiger partial charge in [0.2, 0.25) is 5.91 Å². The van der Waals surface area contributed by atoms with Crippen LogP contribution in [0.5, 0.6) is 0 Å². The number of carbonyl (C=O) groups excluding carboxylic acids is 2. The molecule has 5 heteroatoms. The minimum absolute atomic E-state index is 0.284. The first-order chi connectivity index (χ1) is 17.9. The highest BCUT2D eigenvalue weighted by Gasteiger charge is 2.35. The van der Waals surface area contributed by atoms with E-state index < -0.39 is 5.54 Å². The van der Waals surface area contributed by atoms with Gasteiger partial charge in [0.15, 0.2) is 0 Å². The zero-order valence-electron chi connectivity index (χ0n) is 23.4. The standard InChI is InChI=1S/C33H37N3O2/c1-23(37)36(33(5,6)7)31(38)28-22-35(27-16-12-9-13-17-27)30(34-32(2,3)4)29(28)26-20-18-25(19-21-26)24-14-10-8-11-15-24/h8-22,34H,1-7H3. The molecule has 0 radical (unpaired) electrons. The molecule has 0 bridgehead atoms. The van der Waals surface area contributed by atoms with Gasteiger partial charge in [0, 0.05) is 35.4 Å². The quantitative estimate of drug-likeness (QED) is 0.300. The van der Waals surface area contributed by atoms with E-state index in [1.165, 1.54) is 11.8 Å². The van der Waals surface area contributed by atoms with Crippen molar-refractivity contribution in [3.05, 3.63) is 96.7 Å². The summed E-state index contributed by atoms with van der Waals surface area (Å²) in [6.07, 6.45) is 1.86. The molecule has 0 aliphatic heterocycles. The molecule has 1 aromatic heterocycles. The Kier molecular flexibility index (Phi) is 7.32. The van der Waals surface area contributed by atoms with Crippen LogP contribution in [0.4, 0.5) is 5.82 Å². The van der Waals surface area contributed by atoms with Gasteiger partial charge in [-0.2, -0.15) is 0 Å². The molecule has 1 heterocycles. The Bertz CT molecular complexity index is 1420. The molecule has 5 nitrogen and oxygen atoms in total. The largest absolute Gasteiger partial charge is 0.366 e. The lowest BCUT2D eigenvalue weighted by molar-refractivity contribution is -0.129. The molecule has 38 heavy (non-hydrogen) atoms. The van der Waals surface area contributed by atoms with Crippen LogP contribution in [0, 0.1) is 0 Å². The number of hydrogen-bond donors (Lipinski definition) is 1. The van der Waals surface area contributed by atoms with E-state index in [-0.39, 0.29) is 17.4 Å². The number of nitrogens with one attached hydrogen (secondary N) is 1. The van der Waals surface area contributed by atoms with Crippen LogP contribution >= 0.6 is 0 Å². The molecule has 0 atom stereocenters. The lowest BCUT2D eigenvalue weighted by Gasteiger charge is -2.33. The number of amides is 2. The summed E-state index contributed by atoms with van der Waals surface area (Å²) in [5.74, 6) is 0.196. The molecule has 0 saturated carbocycles. The normalized spacial score (nSPS) is 11.8. The van der Waals surface area contributed by atoms with E-state index in [9.17, 15) is 9.59 Å². The summed E-state index contributed by atoms with van der Waals surface area (Å²) >= 11 is 0. The number of carbonyl (C=O) groups is 2. The molecule has 0 fully saturated rings. The van der Waals surface area contributed by atoms with Gasteiger partial charge < -0.3 is 9.88 Å². The third kappa shape index (κ3) is 5.72. The maximum atomic E-state index is 14.1. The van der Waals surface area contributed by atoms with Crippen molar-refractivity contribution in [1.82, 2.24) is 9.47 Å². The van der Waals surface area contributed by atoms with Crippen molar-refractivity contribution in [2.24, 2.45) is 0 Å². The highest BCUT2D eigenvalue weighted by molar-refractivity contribution is 6.10. The van der Waals surface area contributed by atoms with Crippen LogP contribution in [0.1, 0.15) is 58.8 Å². The average molecular weight is 508 g/mol. The third-order valence-corrected chi connectivity index (χ3v) is 6.23. The van der Waals surface area contributed by atoms with Crippen LogP contribution in [0.3, 0.4) is 0 Å². The number of benzene rings is 3. The van der Waals surface area contributed by atoms with Crippen molar-refractivity contribution >= 4 is 17.6 Å². The minimum Gasteiger partial charge on any atom is -0.366 e. The molecule has 1 N–H and O–H groups in total. The number of imide groups is 1. The molecular formula is C33H37N3O2. The molecule has 2 amide bonds. The van der Waals surface area contributed by atoms with Crippen LogP contribution in [-0.2, 0) is 4.79 Å². The number of anilines is 1. The Hall–Kier alpha value is -4.12. The molecular weight excluding hydrogens is 470 g/mol. The number of para-hydroxylation sites is 1. The van der Waals surface area contributed by atoms with Gasteiger partial charge in [0.1, 0.15) is 5.82 Å². The summed E-state index contributed by atoms with van der Waals surface area (Å²) in [4.78, 5) is 28.2. The lowest BCUT2D eigenvalue weighted by Crippen LogP contribution is -2.48. The van der Waals surface area contributed by atoms with Crippen molar-refractivity contribution in [2.45, 2.75) is 59.5 Å². The van der Waals surface area contributed by atoms with E-state index in [0.29, 0.717) is 5.56 Å². The Morgan fingerprint density at radius 1 is 0.711 bits per heavy atom. The first-order valence-corrected chi connectivity index (χ1v) is 13.0. The van der Waals surface area contributed by atoms with E-state index >= 15 is 0 Å². The van der Waals surface area contributed by atoms with Crippen molar-refractivity contribution in [1.29, 1.82) is 0 Å². The first kappa shape index (κ1) is 26.9. The second-order valence-electron chi connectivity index (χ2n) is 11.6. The van der Waals surface area contributed by atoms with Gasteiger partial charge in [-0.1, -0.05) is 72.8 Å². The van der Waals surface area contributed by atoms with Crippen LogP contribution in [0.15, 0.2) is 91.1 Å². The maximum Gasteiger partial charge on any atom is 0.263 e. The summed E-state index contributed by atoms with van der Waals surface area (Å²) < 4.78 is 2.01. The summed E-state index contributed by atoms with van der Waals surface area (Å²) in [6, 6.07) is 28.4. The van der Waals surface area contributed by atoms with Crippen molar-refractivity contribution in [2.75, 3.05) is 5.32 Å². The van der Waals surface area contributed by atoms with Crippen molar-refractivity contribution < 1.29 is 9.59 Å². The van der Waals surface area contributed by atoms with Gasteiger partial charge in [-0.25, -0.2) is 0 Å². The van der Waals surface area contributed by atoms with E-state index in [0.717, 1.165) is 33.8 Å². The monoisotopic (exact) mass is 507 g/mol. The number of aromatic nitrogens is 1. The third-order valence-electron chi connectivity index (χ3n) is 6.23. The fraction of sp³-hybridized carbons (Fsp3) is 0.273. The zero-order valence-corrected chi connectivity index (χ0v) is 23.4. The van der Waals surface area contributed by atoms with E-state index in [1.807, 2.05) is 92.2 Å². The Morgan fingerprint density at radius 2 is 1.21 bits per heavy atom. The van der Waals surface area contributed by atoms with Crippen LogP contribution in [0.2, 0.25) is 0 Å². The molecule has 0 unspecified atom stereocenters. The van der Waals surface area contributed by atoms with Crippen LogP contribution < -0.4 is 5.32 Å². The zero-order chi connectivity index (χ0) is 27.7. The fourth-order valence-electron chi connectivity index (χ4n) is 4.73. The predicted octanol–water partition coefficient (Wildman–Crippen LogP) is 7.81. The number of rotatable bonds is 5.